The maximum absolute atomic E-state index is 14.6. The molecular formula is C27H23FN4O6S. The van der Waals surface area contributed by atoms with Gasteiger partial charge in [0.05, 0.1) is 25.0 Å². The zero-order valence-electron chi connectivity index (χ0n) is 21.0. The van der Waals surface area contributed by atoms with E-state index in [0.29, 0.717) is 11.4 Å². The van der Waals surface area contributed by atoms with E-state index in [9.17, 15) is 23.6 Å². The number of methoxy groups -OCH3 is 1. The summed E-state index contributed by atoms with van der Waals surface area (Å²) in [5, 5.41) is 8.69. The maximum atomic E-state index is 14.6. The van der Waals surface area contributed by atoms with Crippen LogP contribution in [0.15, 0.2) is 58.7 Å². The van der Waals surface area contributed by atoms with Crippen molar-refractivity contribution in [2.75, 3.05) is 30.5 Å². The number of anilines is 2. The summed E-state index contributed by atoms with van der Waals surface area (Å²) in [7, 11) is 1.54. The molecule has 39 heavy (non-hydrogen) atoms. The summed E-state index contributed by atoms with van der Waals surface area (Å²) >= 11 is 1.02. The SMILES string of the molecule is CCOC(=O)c1nn(-c2ccccc2F)c(=O)c2c(NC(=O)C3CC(=O)N(c4ccc(OC)cc4)C3)scc12. The van der Waals surface area contributed by atoms with Gasteiger partial charge in [-0.05, 0) is 43.3 Å². The molecule has 2 aromatic carbocycles. The molecule has 10 nitrogen and oxygen atoms in total. The largest absolute Gasteiger partial charge is 0.497 e. The molecule has 1 N–H and O–H groups in total. The number of hydrogen-bond donors (Lipinski definition) is 1. The lowest BCUT2D eigenvalue weighted by Crippen LogP contribution is -2.29. The first-order chi connectivity index (χ1) is 18.8. The van der Waals surface area contributed by atoms with Crippen LogP contribution in [-0.4, -0.2) is 47.8 Å². The molecular weight excluding hydrogens is 527 g/mol. The average molecular weight is 551 g/mol. The van der Waals surface area contributed by atoms with Gasteiger partial charge in [-0.25, -0.2) is 9.18 Å². The van der Waals surface area contributed by atoms with Crippen molar-refractivity contribution in [2.45, 2.75) is 13.3 Å². The topological polar surface area (TPSA) is 120 Å². The summed E-state index contributed by atoms with van der Waals surface area (Å²) in [6.45, 7) is 1.84. The minimum absolute atomic E-state index is 0.00834. The van der Waals surface area contributed by atoms with Crippen LogP contribution in [0.2, 0.25) is 0 Å². The van der Waals surface area contributed by atoms with Crippen molar-refractivity contribution in [3.63, 3.8) is 0 Å². The summed E-state index contributed by atoms with van der Waals surface area (Å²) in [5.74, 6) is -2.23. The summed E-state index contributed by atoms with van der Waals surface area (Å²) in [4.78, 5) is 53.7. The molecule has 12 heteroatoms. The standard InChI is InChI=1S/C27H23FN4O6S/c1-3-38-27(36)23-18-14-39-25(22(18)26(35)32(30-23)20-7-5-4-6-19(20)28)29-24(34)15-12-21(33)31(13-15)16-8-10-17(37-2)11-9-16/h4-11,14-15H,3,12-13H2,1-2H3,(H,29,34). The Bertz CT molecular complexity index is 1650. The summed E-state index contributed by atoms with van der Waals surface area (Å²) in [6.07, 6.45) is -0.0176. The minimum Gasteiger partial charge on any atom is -0.497 e. The Morgan fingerprint density at radius 2 is 1.90 bits per heavy atom. The highest BCUT2D eigenvalue weighted by Gasteiger charge is 2.36. The van der Waals surface area contributed by atoms with Gasteiger partial charge in [0, 0.05) is 29.4 Å². The third-order valence-electron chi connectivity index (χ3n) is 6.32. The molecule has 5 rings (SSSR count). The molecule has 0 saturated carbocycles. The van der Waals surface area contributed by atoms with Crippen LogP contribution in [0.25, 0.3) is 16.5 Å². The van der Waals surface area contributed by atoms with Gasteiger partial charge >= 0.3 is 5.97 Å². The number of halogens is 1. The number of nitrogens with zero attached hydrogens (tertiary/aromatic N) is 3. The van der Waals surface area contributed by atoms with Crippen LogP contribution in [0, 0.1) is 11.7 Å². The Balaban J connectivity index is 1.49. The van der Waals surface area contributed by atoms with Crippen LogP contribution < -0.4 is 20.5 Å². The van der Waals surface area contributed by atoms with Gasteiger partial charge in [-0.2, -0.15) is 9.78 Å². The zero-order valence-corrected chi connectivity index (χ0v) is 21.8. The fourth-order valence-corrected chi connectivity index (χ4v) is 5.33. The van der Waals surface area contributed by atoms with E-state index in [2.05, 4.69) is 10.4 Å². The zero-order chi connectivity index (χ0) is 27.7. The second-order valence-corrected chi connectivity index (χ2v) is 9.56. The molecule has 200 valence electrons. The van der Waals surface area contributed by atoms with Crippen molar-refractivity contribution in [1.29, 1.82) is 0 Å². The van der Waals surface area contributed by atoms with Crippen molar-refractivity contribution in [1.82, 2.24) is 9.78 Å². The number of carbonyl (C=O) groups is 3. The lowest BCUT2D eigenvalue weighted by Gasteiger charge is -2.17. The summed E-state index contributed by atoms with van der Waals surface area (Å²) < 4.78 is 25.7. The quantitative estimate of drug-likeness (QED) is 0.348. The first-order valence-corrected chi connectivity index (χ1v) is 12.9. The number of nitrogens with one attached hydrogen (secondary N) is 1. The number of rotatable bonds is 7. The van der Waals surface area contributed by atoms with E-state index in [1.807, 2.05) is 0 Å². The molecule has 0 aliphatic carbocycles. The van der Waals surface area contributed by atoms with Gasteiger partial charge in [-0.3, -0.25) is 14.4 Å². The van der Waals surface area contributed by atoms with Crippen molar-refractivity contribution >= 4 is 50.6 Å². The predicted molar refractivity (Wildman–Crippen MR) is 143 cm³/mol. The Kier molecular flexibility index (Phi) is 7.11. The van der Waals surface area contributed by atoms with E-state index in [-0.39, 0.29) is 52.6 Å². The van der Waals surface area contributed by atoms with E-state index in [1.165, 1.54) is 34.5 Å². The van der Waals surface area contributed by atoms with Gasteiger partial charge in [0.25, 0.3) is 5.56 Å². The summed E-state index contributed by atoms with van der Waals surface area (Å²) in [6, 6.07) is 12.4. The van der Waals surface area contributed by atoms with E-state index < -0.39 is 29.2 Å². The second-order valence-electron chi connectivity index (χ2n) is 8.68. The van der Waals surface area contributed by atoms with Gasteiger partial charge in [0.2, 0.25) is 11.8 Å². The highest BCUT2D eigenvalue weighted by atomic mass is 32.1. The van der Waals surface area contributed by atoms with Crippen LogP contribution in [-0.2, 0) is 14.3 Å². The molecule has 0 radical (unpaired) electrons. The molecule has 0 bridgehead atoms. The van der Waals surface area contributed by atoms with E-state index in [0.717, 1.165) is 16.0 Å². The Labute approximate surface area is 225 Å². The van der Waals surface area contributed by atoms with Gasteiger partial charge in [0.15, 0.2) is 5.69 Å². The molecule has 2 aromatic heterocycles. The number of esters is 1. The molecule has 3 heterocycles. The monoisotopic (exact) mass is 550 g/mol. The predicted octanol–water partition coefficient (Wildman–Crippen LogP) is 3.76. The van der Waals surface area contributed by atoms with Crippen LogP contribution in [0.3, 0.4) is 0 Å². The highest BCUT2D eigenvalue weighted by Crippen LogP contribution is 2.33. The first-order valence-electron chi connectivity index (χ1n) is 12.0. The van der Waals surface area contributed by atoms with Gasteiger partial charge < -0.3 is 19.7 Å². The number of amides is 2. The number of benzene rings is 2. The number of fused-ring (bicyclic) bond motifs is 1. The van der Waals surface area contributed by atoms with Crippen LogP contribution in [0.5, 0.6) is 5.75 Å². The smallest absolute Gasteiger partial charge is 0.359 e. The molecule has 1 unspecified atom stereocenters. The normalized spacial score (nSPS) is 15.0. The van der Waals surface area contributed by atoms with Gasteiger partial charge in [0.1, 0.15) is 22.3 Å². The molecule has 1 aliphatic heterocycles. The van der Waals surface area contributed by atoms with Crippen molar-refractivity contribution in [3.05, 3.63) is 75.8 Å². The molecule has 0 spiro atoms. The van der Waals surface area contributed by atoms with E-state index in [1.54, 1.807) is 38.3 Å². The third-order valence-corrected chi connectivity index (χ3v) is 7.21. The van der Waals surface area contributed by atoms with Crippen LogP contribution in [0.4, 0.5) is 15.1 Å². The Hall–Kier alpha value is -4.58. The molecule has 1 atom stereocenters. The van der Waals surface area contributed by atoms with Crippen molar-refractivity contribution < 1.29 is 28.2 Å². The van der Waals surface area contributed by atoms with Crippen LogP contribution >= 0.6 is 11.3 Å². The molecule has 4 aromatic rings. The third kappa shape index (κ3) is 4.86. The number of carbonyl (C=O) groups excluding carboxylic acids is 3. The fraction of sp³-hybridized carbons (Fsp3) is 0.222. The van der Waals surface area contributed by atoms with Crippen molar-refractivity contribution in [3.8, 4) is 11.4 Å². The van der Waals surface area contributed by atoms with Gasteiger partial charge in [-0.1, -0.05) is 12.1 Å². The van der Waals surface area contributed by atoms with E-state index in [4.69, 9.17) is 9.47 Å². The molecule has 1 aliphatic rings. The molecule has 2 amide bonds. The minimum atomic E-state index is -0.792. The maximum Gasteiger partial charge on any atom is 0.359 e. The molecule has 1 saturated heterocycles. The molecule has 1 fully saturated rings. The number of hydrogen-bond acceptors (Lipinski definition) is 8. The number of para-hydroxylation sites is 1. The number of thiophene rings is 1. The average Bonchev–Trinajstić information content (AvgIpc) is 3.54. The fourth-order valence-electron chi connectivity index (χ4n) is 4.39. The van der Waals surface area contributed by atoms with Crippen molar-refractivity contribution in [2.24, 2.45) is 5.92 Å². The number of aromatic nitrogens is 2. The first kappa shape index (κ1) is 26.0. The lowest BCUT2D eigenvalue weighted by atomic mass is 10.1. The van der Waals surface area contributed by atoms with E-state index >= 15 is 0 Å². The highest BCUT2D eigenvalue weighted by molar-refractivity contribution is 7.16. The Morgan fingerprint density at radius 1 is 1.15 bits per heavy atom. The lowest BCUT2D eigenvalue weighted by molar-refractivity contribution is -0.122. The Morgan fingerprint density at radius 3 is 2.59 bits per heavy atom. The van der Waals surface area contributed by atoms with Crippen LogP contribution in [0.1, 0.15) is 23.8 Å². The number of ether oxygens (including phenoxy) is 2. The summed E-state index contributed by atoms with van der Waals surface area (Å²) in [5.41, 5.74) is -0.430. The van der Waals surface area contributed by atoms with Gasteiger partial charge in [-0.15, -0.1) is 11.3 Å². The second kappa shape index (κ2) is 10.7.